The summed E-state index contributed by atoms with van der Waals surface area (Å²) in [6, 6.07) is 10.5. The molecule has 0 aliphatic carbocycles. The number of aliphatic imine (C=N–C) groups is 1. The number of nitrogens with one attached hydrogen (secondary N) is 2. The zero-order valence-corrected chi connectivity index (χ0v) is 17.6. The number of hydrogen-bond donors (Lipinski definition) is 2. The summed E-state index contributed by atoms with van der Waals surface area (Å²) in [4.78, 5) is 11.1. The molecule has 2 N–H and O–H groups in total. The molecular weight excluding hydrogens is 352 g/mol. The SMILES string of the molecule is CCN(CCCNC(=NC)NCCCc1nc(C(C)C)no1)c1ccccc1. The third-order valence-corrected chi connectivity index (χ3v) is 4.48. The highest BCUT2D eigenvalue weighted by Crippen LogP contribution is 2.13. The van der Waals surface area contributed by atoms with Gasteiger partial charge in [-0.25, -0.2) is 0 Å². The second kappa shape index (κ2) is 12.0. The molecule has 1 heterocycles. The molecular formula is C21H34N6O. The molecule has 7 heteroatoms. The van der Waals surface area contributed by atoms with E-state index in [-0.39, 0.29) is 0 Å². The normalized spacial score (nSPS) is 11.7. The van der Waals surface area contributed by atoms with Gasteiger partial charge in [-0.15, -0.1) is 0 Å². The lowest BCUT2D eigenvalue weighted by Gasteiger charge is -2.23. The van der Waals surface area contributed by atoms with Gasteiger partial charge in [-0.05, 0) is 31.9 Å². The minimum Gasteiger partial charge on any atom is -0.372 e. The van der Waals surface area contributed by atoms with Crippen molar-refractivity contribution in [2.45, 2.75) is 46.0 Å². The average Bonchev–Trinajstić information content (AvgIpc) is 3.19. The third kappa shape index (κ3) is 7.21. The standard InChI is InChI=1S/C21H34N6O/c1-5-27(18-11-7-6-8-12-18)16-10-15-24-21(22-4)23-14-9-13-19-25-20(17(2)3)26-28-19/h6-8,11-12,17H,5,9-10,13-16H2,1-4H3,(H2,22,23,24). The molecule has 0 spiro atoms. The Morgan fingerprint density at radius 3 is 2.46 bits per heavy atom. The largest absolute Gasteiger partial charge is 0.372 e. The van der Waals surface area contributed by atoms with Gasteiger partial charge in [-0.1, -0.05) is 37.2 Å². The Hall–Kier alpha value is -2.57. The summed E-state index contributed by atoms with van der Waals surface area (Å²) in [7, 11) is 1.80. The van der Waals surface area contributed by atoms with Crippen LogP contribution in [0.25, 0.3) is 0 Å². The maximum atomic E-state index is 5.27. The predicted molar refractivity (Wildman–Crippen MR) is 115 cm³/mol. The predicted octanol–water partition coefficient (Wildman–Crippen LogP) is 3.21. The highest BCUT2D eigenvalue weighted by atomic mass is 16.5. The van der Waals surface area contributed by atoms with Gasteiger partial charge in [0.1, 0.15) is 0 Å². The molecule has 0 saturated heterocycles. The van der Waals surface area contributed by atoms with E-state index in [2.05, 4.69) is 81.8 Å². The molecule has 0 aliphatic heterocycles. The van der Waals surface area contributed by atoms with E-state index in [1.807, 2.05) is 0 Å². The number of benzene rings is 1. The van der Waals surface area contributed by atoms with Gasteiger partial charge in [0.15, 0.2) is 11.8 Å². The number of nitrogens with zero attached hydrogens (tertiary/aromatic N) is 4. The summed E-state index contributed by atoms with van der Waals surface area (Å²) >= 11 is 0. The number of aryl methyl sites for hydroxylation is 1. The second-order valence-corrected chi connectivity index (χ2v) is 7.00. The zero-order chi connectivity index (χ0) is 20.2. The molecule has 0 saturated carbocycles. The van der Waals surface area contributed by atoms with E-state index < -0.39 is 0 Å². The van der Waals surface area contributed by atoms with Crippen LogP contribution in [0.3, 0.4) is 0 Å². The first-order valence-electron chi connectivity index (χ1n) is 10.2. The summed E-state index contributed by atoms with van der Waals surface area (Å²) in [6.45, 7) is 10.0. The summed E-state index contributed by atoms with van der Waals surface area (Å²) in [5.74, 6) is 2.60. The van der Waals surface area contributed by atoms with Gasteiger partial charge >= 0.3 is 0 Å². The van der Waals surface area contributed by atoms with Crippen molar-refractivity contribution in [1.29, 1.82) is 0 Å². The fourth-order valence-corrected chi connectivity index (χ4v) is 2.86. The van der Waals surface area contributed by atoms with Crippen molar-refractivity contribution >= 4 is 11.6 Å². The van der Waals surface area contributed by atoms with Crippen molar-refractivity contribution in [2.75, 3.05) is 38.1 Å². The molecule has 1 aromatic carbocycles. The van der Waals surface area contributed by atoms with Crippen molar-refractivity contribution in [1.82, 2.24) is 20.8 Å². The minimum absolute atomic E-state index is 0.296. The van der Waals surface area contributed by atoms with E-state index in [1.165, 1.54) is 5.69 Å². The molecule has 0 fully saturated rings. The molecule has 7 nitrogen and oxygen atoms in total. The summed E-state index contributed by atoms with van der Waals surface area (Å²) in [5.41, 5.74) is 1.27. The van der Waals surface area contributed by atoms with Gasteiger partial charge in [0.25, 0.3) is 0 Å². The molecule has 1 aromatic heterocycles. The fraction of sp³-hybridized carbons (Fsp3) is 0.571. The summed E-state index contributed by atoms with van der Waals surface area (Å²) in [5, 5.41) is 10.7. The number of anilines is 1. The number of hydrogen-bond acceptors (Lipinski definition) is 5. The molecule has 0 aliphatic rings. The first-order chi connectivity index (χ1) is 13.6. The monoisotopic (exact) mass is 386 g/mol. The van der Waals surface area contributed by atoms with E-state index in [1.54, 1.807) is 7.05 Å². The fourth-order valence-electron chi connectivity index (χ4n) is 2.86. The maximum absolute atomic E-state index is 5.27. The van der Waals surface area contributed by atoms with Crippen LogP contribution in [0.15, 0.2) is 39.8 Å². The Morgan fingerprint density at radius 1 is 1.14 bits per heavy atom. The lowest BCUT2D eigenvalue weighted by molar-refractivity contribution is 0.368. The van der Waals surface area contributed by atoms with E-state index in [9.17, 15) is 0 Å². The van der Waals surface area contributed by atoms with Crippen LogP contribution >= 0.6 is 0 Å². The van der Waals surface area contributed by atoms with Gasteiger partial charge in [0.2, 0.25) is 5.89 Å². The molecule has 0 unspecified atom stereocenters. The van der Waals surface area contributed by atoms with Crippen LogP contribution in [0.5, 0.6) is 0 Å². The quantitative estimate of drug-likeness (QED) is 0.351. The van der Waals surface area contributed by atoms with Gasteiger partial charge in [0.05, 0.1) is 0 Å². The number of para-hydroxylation sites is 1. The van der Waals surface area contributed by atoms with Crippen LogP contribution in [0.1, 0.15) is 51.2 Å². The zero-order valence-electron chi connectivity index (χ0n) is 17.6. The first-order valence-corrected chi connectivity index (χ1v) is 10.2. The van der Waals surface area contributed by atoms with E-state index in [0.29, 0.717) is 11.8 Å². The first kappa shape index (κ1) is 21.7. The Labute approximate surface area is 168 Å². The smallest absolute Gasteiger partial charge is 0.226 e. The lowest BCUT2D eigenvalue weighted by atomic mass is 10.2. The Morgan fingerprint density at radius 2 is 1.86 bits per heavy atom. The van der Waals surface area contributed by atoms with Crippen LogP contribution in [0.2, 0.25) is 0 Å². The Kier molecular flexibility index (Phi) is 9.31. The lowest BCUT2D eigenvalue weighted by Crippen LogP contribution is -2.39. The van der Waals surface area contributed by atoms with Gasteiger partial charge in [-0.3, -0.25) is 4.99 Å². The van der Waals surface area contributed by atoms with Crippen molar-refractivity contribution in [3.63, 3.8) is 0 Å². The van der Waals surface area contributed by atoms with Crippen molar-refractivity contribution < 1.29 is 4.52 Å². The molecule has 154 valence electrons. The Balaban J connectivity index is 1.61. The topological polar surface area (TPSA) is 78.6 Å². The molecule has 2 rings (SSSR count). The molecule has 0 atom stereocenters. The van der Waals surface area contributed by atoms with E-state index in [0.717, 1.165) is 57.2 Å². The van der Waals surface area contributed by atoms with Crippen LogP contribution in [0.4, 0.5) is 5.69 Å². The van der Waals surface area contributed by atoms with Crippen LogP contribution in [-0.4, -0.2) is 49.3 Å². The maximum Gasteiger partial charge on any atom is 0.226 e. The Bertz CT molecular complexity index is 698. The van der Waals surface area contributed by atoms with Gasteiger partial charge < -0.3 is 20.1 Å². The summed E-state index contributed by atoms with van der Waals surface area (Å²) < 4.78 is 5.27. The van der Waals surface area contributed by atoms with Gasteiger partial charge in [-0.2, -0.15) is 4.98 Å². The summed E-state index contributed by atoms with van der Waals surface area (Å²) in [6.07, 6.45) is 2.73. The second-order valence-electron chi connectivity index (χ2n) is 7.00. The van der Waals surface area contributed by atoms with Crippen LogP contribution in [0, 0.1) is 0 Å². The molecule has 2 aromatic rings. The third-order valence-electron chi connectivity index (χ3n) is 4.48. The molecule has 0 amide bonds. The average molecular weight is 387 g/mol. The van der Waals surface area contributed by atoms with Crippen LogP contribution < -0.4 is 15.5 Å². The van der Waals surface area contributed by atoms with Crippen molar-refractivity contribution in [3.8, 4) is 0 Å². The highest BCUT2D eigenvalue weighted by Gasteiger charge is 2.09. The highest BCUT2D eigenvalue weighted by molar-refractivity contribution is 5.79. The number of aromatic nitrogens is 2. The van der Waals surface area contributed by atoms with E-state index >= 15 is 0 Å². The number of rotatable bonds is 11. The molecule has 28 heavy (non-hydrogen) atoms. The molecule has 0 bridgehead atoms. The number of guanidine groups is 1. The van der Waals surface area contributed by atoms with Gasteiger partial charge in [0, 0.05) is 51.3 Å². The van der Waals surface area contributed by atoms with E-state index in [4.69, 9.17) is 4.52 Å². The van der Waals surface area contributed by atoms with Crippen LogP contribution in [-0.2, 0) is 6.42 Å². The molecule has 0 radical (unpaired) electrons. The van der Waals surface area contributed by atoms with Crippen molar-refractivity contribution in [2.24, 2.45) is 4.99 Å². The van der Waals surface area contributed by atoms with Crippen molar-refractivity contribution in [3.05, 3.63) is 42.0 Å². The minimum atomic E-state index is 0.296.